The van der Waals surface area contributed by atoms with Gasteiger partial charge in [-0.2, -0.15) is 0 Å². The van der Waals surface area contributed by atoms with Crippen LogP contribution in [0.15, 0.2) is 54.6 Å². The summed E-state index contributed by atoms with van der Waals surface area (Å²) in [6, 6.07) is 16.3. The predicted molar refractivity (Wildman–Crippen MR) is 121 cm³/mol. The van der Waals surface area contributed by atoms with Crippen LogP contribution >= 0.6 is 0 Å². The molecule has 0 aromatic heterocycles. The van der Waals surface area contributed by atoms with Crippen molar-refractivity contribution in [2.45, 2.75) is 31.7 Å². The minimum Gasteiger partial charge on any atom is -0.484 e. The first-order chi connectivity index (χ1) is 15.6. The Hall–Kier alpha value is -3.55. The van der Waals surface area contributed by atoms with Gasteiger partial charge in [-0.1, -0.05) is 24.3 Å². The summed E-state index contributed by atoms with van der Waals surface area (Å²) in [5.74, 6) is 0.482. The van der Waals surface area contributed by atoms with Crippen LogP contribution in [0.3, 0.4) is 0 Å². The summed E-state index contributed by atoms with van der Waals surface area (Å²) in [5, 5.41) is 8.73. The van der Waals surface area contributed by atoms with E-state index in [1.165, 1.54) is 0 Å². The summed E-state index contributed by atoms with van der Waals surface area (Å²) in [4.78, 5) is 38.3. The number of benzene rings is 2. The quantitative estimate of drug-likeness (QED) is 0.620. The Morgan fingerprint density at radius 1 is 0.875 bits per heavy atom. The minimum absolute atomic E-state index is 0.0102. The molecular weight excluding hydrogens is 408 g/mol. The van der Waals surface area contributed by atoms with E-state index in [4.69, 9.17) is 4.74 Å². The van der Waals surface area contributed by atoms with E-state index in [-0.39, 0.29) is 36.4 Å². The molecular formula is C24H28N4O4. The molecule has 2 fully saturated rings. The van der Waals surface area contributed by atoms with Crippen molar-refractivity contribution in [1.82, 2.24) is 10.2 Å². The van der Waals surface area contributed by atoms with Crippen molar-refractivity contribution in [2.24, 2.45) is 5.92 Å². The molecule has 1 aliphatic heterocycles. The van der Waals surface area contributed by atoms with Crippen molar-refractivity contribution in [2.75, 3.05) is 30.3 Å². The summed E-state index contributed by atoms with van der Waals surface area (Å²) < 4.78 is 5.60. The normalized spacial score (nSPS) is 16.2. The molecule has 0 spiro atoms. The van der Waals surface area contributed by atoms with Crippen molar-refractivity contribution >= 4 is 29.2 Å². The summed E-state index contributed by atoms with van der Waals surface area (Å²) in [6.07, 6.45) is 3.27. The first-order valence-corrected chi connectivity index (χ1v) is 11.0. The average Bonchev–Trinajstić information content (AvgIpc) is 3.65. The number of nitrogens with one attached hydrogen (secondary N) is 3. The number of piperidine rings is 1. The molecule has 1 saturated carbocycles. The molecule has 2 aliphatic rings. The van der Waals surface area contributed by atoms with Crippen LogP contribution in [0.4, 0.5) is 16.2 Å². The minimum atomic E-state index is -0.204. The van der Waals surface area contributed by atoms with Gasteiger partial charge in [0.15, 0.2) is 6.61 Å². The fraction of sp³-hybridized carbons (Fsp3) is 0.375. The van der Waals surface area contributed by atoms with Crippen molar-refractivity contribution < 1.29 is 19.1 Å². The number of anilines is 2. The molecule has 0 atom stereocenters. The van der Waals surface area contributed by atoms with Gasteiger partial charge in [0, 0.05) is 42.5 Å². The van der Waals surface area contributed by atoms with E-state index in [0.717, 1.165) is 18.5 Å². The number of nitrogens with zero attached hydrogens (tertiary/aromatic N) is 1. The van der Waals surface area contributed by atoms with Crippen molar-refractivity contribution in [3.8, 4) is 5.75 Å². The van der Waals surface area contributed by atoms with Crippen molar-refractivity contribution in [3.63, 3.8) is 0 Å². The van der Waals surface area contributed by atoms with Gasteiger partial charge in [-0.25, -0.2) is 4.79 Å². The molecule has 8 nitrogen and oxygen atoms in total. The number of carbonyl (C=O) groups is 3. The van der Waals surface area contributed by atoms with Crippen LogP contribution < -0.4 is 20.7 Å². The van der Waals surface area contributed by atoms with Gasteiger partial charge in [0.1, 0.15) is 5.75 Å². The smallest absolute Gasteiger partial charge is 0.321 e. The fourth-order valence-electron chi connectivity index (χ4n) is 3.62. The van der Waals surface area contributed by atoms with Gasteiger partial charge in [-0.05, 0) is 49.9 Å². The van der Waals surface area contributed by atoms with Crippen LogP contribution in [-0.4, -0.2) is 48.5 Å². The highest BCUT2D eigenvalue weighted by molar-refractivity contribution is 5.94. The Balaban J connectivity index is 1.17. The van der Waals surface area contributed by atoms with Crippen LogP contribution in [0.1, 0.15) is 25.7 Å². The van der Waals surface area contributed by atoms with Crippen LogP contribution in [0.2, 0.25) is 0 Å². The monoisotopic (exact) mass is 436 g/mol. The van der Waals surface area contributed by atoms with Gasteiger partial charge < -0.3 is 25.6 Å². The highest BCUT2D eigenvalue weighted by Gasteiger charge is 2.29. The fourth-order valence-corrected chi connectivity index (χ4v) is 3.62. The molecule has 1 heterocycles. The van der Waals surface area contributed by atoms with E-state index in [1.807, 2.05) is 30.3 Å². The molecule has 4 amide bonds. The number of amides is 4. The third-order valence-corrected chi connectivity index (χ3v) is 5.59. The molecule has 0 radical (unpaired) electrons. The van der Waals surface area contributed by atoms with Crippen LogP contribution in [0.5, 0.6) is 5.75 Å². The third kappa shape index (κ3) is 6.23. The third-order valence-electron chi connectivity index (χ3n) is 5.59. The van der Waals surface area contributed by atoms with E-state index in [1.54, 1.807) is 29.2 Å². The van der Waals surface area contributed by atoms with Gasteiger partial charge in [0.25, 0.3) is 5.91 Å². The lowest BCUT2D eigenvalue weighted by atomic mass is 10.1. The Morgan fingerprint density at radius 2 is 1.59 bits per heavy atom. The number of hydrogen-bond donors (Lipinski definition) is 3. The van der Waals surface area contributed by atoms with Crippen LogP contribution in [-0.2, 0) is 9.59 Å². The lowest BCUT2D eigenvalue weighted by molar-refractivity contribution is -0.124. The van der Waals surface area contributed by atoms with Crippen molar-refractivity contribution in [3.05, 3.63) is 54.6 Å². The number of rotatable bonds is 7. The second-order valence-electron chi connectivity index (χ2n) is 8.21. The van der Waals surface area contributed by atoms with E-state index in [2.05, 4.69) is 16.0 Å². The molecule has 0 unspecified atom stereocenters. The molecule has 3 N–H and O–H groups in total. The highest BCUT2D eigenvalue weighted by atomic mass is 16.5. The zero-order chi connectivity index (χ0) is 22.3. The molecule has 168 valence electrons. The molecule has 2 aromatic carbocycles. The van der Waals surface area contributed by atoms with E-state index < -0.39 is 0 Å². The maximum Gasteiger partial charge on any atom is 0.321 e. The summed E-state index contributed by atoms with van der Waals surface area (Å²) in [5.41, 5.74) is 1.43. The van der Waals surface area contributed by atoms with Gasteiger partial charge in [0.2, 0.25) is 5.91 Å². The molecule has 1 saturated heterocycles. The molecule has 0 bridgehead atoms. The first-order valence-electron chi connectivity index (χ1n) is 11.0. The van der Waals surface area contributed by atoms with Gasteiger partial charge in [-0.15, -0.1) is 0 Å². The first kappa shape index (κ1) is 21.7. The van der Waals surface area contributed by atoms with Crippen molar-refractivity contribution in [1.29, 1.82) is 0 Å². The highest BCUT2D eigenvalue weighted by Crippen LogP contribution is 2.30. The zero-order valence-corrected chi connectivity index (χ0v) is 17.9. The van der Waals surface area contributed by atoms with Gasteiger partial charge in [-0.3, -0.25) is 9.59 Å². The lowest BCUT2D eigenvalue weighted by Gasteiger charge is -2.32. The largest absolute Gasteiger partial charge is 0.484 e. The maximum atomic E-state index is 12.4. The molecule has 1 aliphatic carbocycles. The lowest BCUT2D eigenvalue weighted by Crippen LogP contribution is -2.48. The standard InChI is InChI=1S/C24H28N4O4/c29-22(16-32-21-8-4-7-20(15-21)26-23(30)17-9-10-17)25-19-11-13-28(14-12-19)24(31)27-18-5-2-1-3-6-18/h1-8,15,17,19H,9-14,16H2,(H,25,29)(H,26,30)(H,27,31). The van der Waals surface area contributed by atoms with Crippen LogP contribution in [0.25, 0.3) is 0 Å². The Morgan fingerprint density at radius 3 is 2.31 bits per heavy atom. The number of urea groups is 1. The zero-order valence-electron chi connectivity index (χ0n) is 17.9. The molecule has 2 aromatic rings. The summed E-state index contributed by atoms with van der Waals surface area (Å²) >= 11 is 0. The number of hydrogen-bond acceptors (Lipinski definition) is 4. The van der Waals surface area contributed by atoms with Gasteiger partial charge >= 0.3 is 6.03 Å². The van der Waals surface area contributed by atoms with E-state index >= 15 is 0 Å². The average molecular weight is 437 g/mol. The number of likely N-dealkylation sites (tertiary alicyclic amines) is 1. The van der Waals surface area contributed by atoms with Crippen LogP contribution in [0, 0.1) is 5.92 Å². The predicted octanol–water partition coefficient (Wildman–Crippen LogP) is 3.23. The maximum absolute atomic E-state index is 12.4. The Labute approximate surface area is 187 Å². The molecule has 4 rings (SSSR count). The van der Waals surface area contributed by atoms with Gasteiger partial charge in [0.05, 0.1) is 0 Å². The van der Waals surface area contributed by atoms with E-state index in [9.17, 15) is 14.4 Å². The topological polar surface area (TPSA) is 99.8 Å². The summed E-state index contributed by atoms with van der Waals surface area (Å²) in [6.45, 7) is 1.05. The van der Waals surface area contributed by atoms with E-state index in [0.29, 0.717) is 37.4 Å². The number of para-hydroxylation sites is 1. The summed E-state index contributed by atoms with van der Waals surface area (Å²) in [7, 11) is 0. The Bertz CT molecular complexity index is 953. The number of carbonyl (C=O) groups excluding carboxylic acids is 3. The Kier molecular flexibility index (Phi) is 6.89. The second kappa shape index (κ2) is 10.2. The molecule has 32 heavy (non-hydrogen) atoms. The number of ether oxygens (including phenoxy) is 1. The second-order valence-corrected chi connectivity index (χ2v) is 8.21. The molecule has 8 heteroatoms. The SMILES string of the molecule is O=C(COc1cccc(NC(=O)C2CC2)c1)NC1CCN(C(=O)Nc2ccccc2)CC1.